The minimum absolute atomic E-state index is 0.123. The van der Waals surface area contributed by atoms with Gasteiger partial charge in [0.1, 0.15) is 0 Å². The average Bonchev–Trinajstić information content (AvgIpc) is 3.09. The molecule has 0 bridgehead atoms. The van der Waals surface area contributed by atoms with Crippen LogP contribution in [-0.4, -0.2) is 26.4 Å². The number of aromatic nitrogens is 3. The predicted molar refractivity (Wildman–Crippen MR) is 114 cm³/mol. The Labute approximate surface area is 183 Å². The van der Waals surface area contributed by atoms with Gasteiger partial charge in [0, 0.05) is 16.6 Å². The highest BCUT2D eigenvalue weighted by molar-refractivity contribution is 9.10. The van der Waals surface area contributed by atoms with Crippen LogP contribution in [0.4, 0.5) is 18.9 Å². The highest BCUT2D eigenvalue weighted by Crippen LogP contribution is 2.34. The Morgan fingerprint density at radius 1 is 1.17 bits per heavy atom. The molecule has 10 heteroatoms. The second kappa shape index (κ2) is 9.48. The van der Waals surface area contributed by atoms with Crippen LogP contribution in [0.15, 0.2) is 70.8 Å². The standard InChI is InChI=1S/C20H16BrF3N4OS/c1-2-11-28-18(13-7-9-14(21)10-8-13)26-27-19(28)30-12-17(29)25-16-6-4-3-5-15(16)20(22,23)24/h2-10H,1,11-12H2,(H,25,29). The van der Waals surface area contributed by atoms with E-state index in [4.69, 9.17) is 0 Å². The number of carbonyl (C=O) groups excluding carboxylic acids is 1. The molecule has 0 aliphatic rings. The van der Waals surface area contributed by atoms with Crippen LogP contribution in [0.5, 0.6) is 0 Å². The van der Waals surface area contributed by atoms with Crippen LogP contribution in [0.3, 0.4) is 0 Å². The number of nitrogens with one attached hydrogen (secondary N) is 1. The molecule has 0 aliphatic carbocycles. The van der Waals surface area contributed by atoms with E-state index < -0.39 is 17.6 Å². The van der Waals surface area contributed by atoms with E-state index in [-0.39, 0.29) is 11.4 Å². The largest absolute Gasteiger partial charge is 0.418 e. The third-order valence-electron chi connectivity index (χ3n) is 3.97. The molecule has 1 N–H and O–H groups in total. The lowest BCUT2D eigenvalue weighted by molar-refractivity contribution is -0.137. The van der Waals surface area contributed by atoms with E-state index in [1.54, 1.807) is 10.6 Å². The molecule has 30 heavy (non-hydrogen) atoms. The highest BCUT2D eigenvalue weighted by Gasteiger charge is 2.33. The van der Waals surface area contributed by atoms with Gasteiger partial charge in [0.25, 0.3) is 0 Å². The lowest BCUT2D eigenvalue weighted by Crippen LogP contribution is -2.18. The number of rotatable bonds is 7. The van der Waals surface area contributed by atoms with Crippen LogP contribution < -0.4 is 5.32 Å². The molecular weight excluding hydrogens is 481 g/mol. The van der Waals surface area contributed by atoms with E-state index in [0.29, 0.717) is 17.5 Å². The van der Waals surface area contributed by atoms with Gasteiger partial charge >= 0.3 is 6.18 Å². The van der Waals surface area contributed by atoms with Gasteiger partial charge in [0.05, 0.1) is 17.0 Å². The first-order valence-corrected chi connectivity index (χ1v) is 10.5. The topological polar surface area (TPSA) is 59.8 Å². The van der Waals surface area contributed by atoms with Gasteiger partial charge in [-0.25, -0.2) is 0 Å². The first-order chi connectivity index (χ1) is 14.3. The second-order valence-electron chi connectivity index (χ2n) is 6.09. The first kappa shape index (κ1) is 22.1. The number of alkyl halides is 3. The van der Waals surface area contributed by atoms with Gasteiger partial charge in [-0.2, -0.15) is 13.2 Å². The number of thioether (sulfide) groups is 1. The maximum absolute atomic E-state index is 13.1. The van der Waals surface area contributed by atoms with E-state index in [1.165, 1.54) is 18.2 Å². The molecule has 0 fully saturated rings. The number of allylic oxidation sites excluding steroid dienone is 1. The Balaban J connectivity index is 1.74. The lowest BCUT2D eigenvalue weighted by atomic mass is 10.1. The number of anilines is 1. The second-order valence-corrected chi connectivity index (χ2v) is 7.95. The van der Waals surface area contributed by atoms with Crippen molar-refractivity contribution in [2.45, 2.75) is 17.9 Å². The molecule has 0 atom stereocenters. The molecule has 0 unspecified atom stereocenters. The van der Waals surface area contributed by atoms with E-state index in [2.05, 4.69) is 38.0 Å². The molecule has 1 heterocycles. The summed E-state index contributed by atoms with van der Waals surface area (Å²) in [6.07, 6.45) is -2.88. The molecule has 2 aromatic carbocycles. The molecule has 156 valence electrons. The number of benzene rings is 2. The van der Waals surface area contributed by atoms with Gasteiger partial charge in [0.15, 0.2) is 11.0 Å². The number of nitrogens with zero attached hydrogens (tertiary/aromatic N) is 3. The Kier molecular flexibility index (Phi) is 6.99. The summed E-state index contributed by atoms with van der Waals surface area (Å²) in [6, 6.07) is 12.4. The number of hydrogen-bond acceptors (Lipinski definition) is 4. The van der Waals surface area contributed by atoms with Crippen LogP contribution in [0.25, 0.3) is 11.4 Å². The summed E-state index contributed by atoms with van der Waals surface area (Å²) in [4.78, 5) is 12.3. The van der Waals surface area contributed by atoms with Gasteiger partial charge in [0.2, 0.25) is 5.91 Å². The Morgan fingerprint density at radius 3 is 2.53 bits per heavy atom. The van der Waals surface area contributed by atoms with Crippen molar-refractivity contribution in [2.75, 3.05) is 11.1 Å². The summed E-state index contributed by atoms with van der Waals surface area (Å²) < 4.78 is 42.0. The van der Waals surface area contributed by atoms with Crippen LogP contribution in [-0.2, 0) is 17.5 Å². The normalized spacial score (nSPS) is 11.3. The number of hydrogen-bond donors (Lipinski definition) is 1. The first-order valence-electron chi connectivity index (χ1n) is 8.68. The maximum Gasteiger partial charge on any atom is 0.418 e. The molecule has 0 aliphatic heterocycles. The molecule has 0 radical (unpaired) electrons. The molecule has 3 aromatic rings. The summed E-state index contributed by atoms with van der Waals surface area (Å²) in [6.45, 7) is 4.15. The lowest BCUT2D eigenvalue weighted by Gasteiger charge is -2.13. The fourth-order valence-electron chi connectivity index (χ4n) is 2.66. The summed E-state index contributed by atoms with van der Waals surface area (Å²) in [7, 11) is 0. The fraction of sp³-hybridized carbons (Fsp3) is 0.150. The smallest absolute Gasteiger partial charge is 0.325 e. The van der Waals surface area contributed by atoms with Crippen LogP contribution in [0.2, 0.25) is 0 Å². The van der Waals surface area contributed by atoms with Crippen molar-refractivity contribution in [1.29, 1.82) is 0 Å². The van der Waals surface area contributed by atoms with Gasteiger partial charge in [-0.05, 0) is 24.3 Å². The van der Waals surface area contributed by atoms with Crippen LogP contribution in [0, 0.1) is 0 Å². The van der Waals surface area contributed by atoms with Gasteiger partial charge in [-0.1, -0.05) is 58.0 Å². The molecule has 0 spiro atoms. The van der Waals surface area contributed by atoms with Crippen molar-refractivity contribution in [3.63, 3.8) is 0 Å². The van der Waals surface area contributed by atoms with E-state index >= 15 is 0 Å². The van der Waals surface area contributed by atoms with Crippen molar-refractivity contribution in [2.24, 2.45) is 0 Å². The van der Waals surface area contributed by atoms with Gasteiger partial charge in [-0.3, -0.25) is 9.36 Å². The van der Waals surface area contributed by atoms with Crippen molar-refractivity contribution < 1.29 is 18.0 Å². The number of amides is 1. The summed E-state index contributed by atoms with van der Waals surface area (Å²) in [5.74, 6) is -0.0929. The molecule has 1 aromatic heterocycles. The highest BCUT2D eigenvalue weighted by atomic mass is 79.9. The Hall–Kier alpha value is -2.59. The molecular formula is C20H16BrF3N4OS. The summed E-state index contributed by atoms with van der Waals surface area (Å²) >= 11 is 4.47. The van der Waals surface area contributed by atoms with Crippen molar-refractivity contribution in [3.8, 4) is 11.4 Å². The quantitative estimate of drug-likeness (QED) is 0.339. The Bertz CT molecular complexity index is 1050. The molecule has 3 rings (SSSR count). The monoisotopic (exact) mass is 496 g/mol. The minimum Gasteiger partial charge on any atom is -0.325 e. The number of carbonyl (C=O) groups is 1. The molecule has 5 nitrogen and oxygen atoms in total. The van der Waals surface area contributed by atoms with E-state index in [1.807, 2.05) is 24.3 Å². The van der Waals surface area contributed by atoms with E-state index in [9.17, 15) is 18.0 Å². The number of para-hydroxylation sites is 1. The fourth-order valence-corrected chi connectivity index (χ4v) is 3.67. The zero-order chi connectivity index (χ0) is 21.7. The van der Waals surface area contributed by atoms with Crippen molar-refractivity contribution >= 4 is 39.3 Å². The zero-order valence-corrected chi connectivity index (χ0v) is 17.9. The van der Waals surface area contributed by atoms with Crippen LogP contribution >= 0.6 is 27.7 Å². The SMILES string of the molecule is C=CCn1c(SCC(=O)Nc2ccccc2C(F)(F)F)nnc1-c1ccc(Br)cc1. The van der Waals surface area contributed by atoms with Gasteiger partial charge < -0.3 is 5.32 Å². The van der Waals surface area contributed by atoms with Crippen LogP contribution in [0.1, 0.15) is 5.56 Å². The zero-order valence-electron chi connectivity index (χ0n) is 15.5. The molecule has 1 amide bonds. The molecule has 0 saturated heterocycles. The van der Waals surface area contributed by atoms with E-state index in [0.717, 1.165) is 27.9 Å². The summed E-state index contributed by atoms with van der Waals surface area (Å²) in [5.41, 5.74) is -0.336. The maximum atomic E-state index is 13.1. The van der Waals surface area contributed by atoms with Gasteiger partial charge in [-0.15, -0.1) is 16.8 Å². The molecule has 0 saturated carbocycles. The third kappa shape index (κ3) is 5.31. The average molecular weight is 497 g/mol. The van der Waals surface area contributed by atoms with Crippen molar-refractivity contribution in [1.82, 2.24) is 14.8 Å². The minimum atomic E-state index is -4.55. The van der Waals surface area contributed by atoms with Crippen molar-refractivity contribution in [3.05, 3.63) is 71.2 Å². The summed E-state index contributed by atoms with van der Waals surface area (Å²) in [5, 5.41) is 11.1. The Morgan fingerprint density at radius 2 is 1.87 bits per heavy atom. The predicted octanol–water partition coefficient (Wildman–Crippen LogP) is 5.64. The number of halogens is 4. The third-order valence-corrected chi connectivity index (χ3v) is 5.47.